The molecule has 0 unspecified atom stereocenters. The van der Waals surface area contributed by atoms with E-state index in [1.807, 2.05) is 88.4 Å². The second kappa shape index (κ2) is 9.23. The van der Waals surface area contributed by atoms with Gasteiger partial charge in [0.25, 0.3) is 0 Å². The molecule has 6 heteroatoms. The first-order valence-corrected chi connectivity index (χ1v) is 13.2. The first kappa shape index (κ1) is 25.4. The molecule has 37 heavy (non-hydrogen) atoms. The number of aryl methyl sites for hydroxylation is 4. The Morgan fingerprint density at radius 2 is 1.32 bits per heavy atom. The van der Waals surface area contributed by atoms with Crippen molar-refractivity contribution in [1.29, 1.82) is 0 Å². The molecule has 0 bridgehead atoms. The Morgan fingerprint density at radius 3 is 1.84 bits per heavy atom. The van der Waals surface area contributed by atoms with Crippen molar-refractivity contribution in [2.45, 2.75) is 39.5 Å². The van der Waals surface area contributed by atoms with Crippen molar-refractivity contribution in [3.05, 3.63) is 120 Å². The molecular weight excluding hydrogens is 550 g/mol. The molecular formula is C31H27BrClNO3. The van der Waals surface area contributed by atoms with Crippen LogP contribution in [0.15, 0.2) is 65.1 Å². The molecule has 1 amide bonds. The quantitative estimate of drug-likeness (QED) is 0.234. The maximum atomic E-state index is 14.3. The van der Waals surface area contributed by atoms with E-state index in [9.17, 15) is 15.0 Å². The number of hydrogen-bond acceptors (Lipinski definition) is 3. The zero-order chi connectivity index (χ0) is 26.6. The maximum absolute atomic E-state index is 14.3. The minimum absolute atomic E-state index is 0.185. The monoisotopic (exact) mass is 575 g/mol. The topological polar surface area (TPSA) is 69.6 Å². The number of nitrogens with one attached hydrogen (secondary N) is 1. The van der Waals surface area contributed by atoms with E-state index in [1.54, 1.807) is 0 Å². The van der Waals surface area contributed by atoms with E-state index in [1.165, 1.54) is 0 Å². The third-order valence-electron chi connectivity index (χ3n) is 7.35. The maximum Gasteiger partial charge on any atom is 0.244 e. The van der Waals surface area contributed by atoms with Crippen LogP contribution in [0.4, 0.5) is 5.69 Å². The molecule has 0 radical (unpaired) electrons. The number of rotatable bonds is 4. The van der Waals surface area contributed by atoms with Crippen LogP contribution in [0, 0.1) is 27.7 Å². The molecule has 0 spiro atoms. The minimum Gasteiger partial charge on any atom is -0.507 e. The van der Waals surface area contributed by atoms with Crippen molar-refractivity contribution in [2.75, 3.05) is 5.32 Å². The molecule has 0 atom stereocenters. The molecule has 5 rings (SSSR count). The average Bonchev–Trinajstić information content (AvgIpc) is 3.14. The number of carbonyl (C=O) groups is 1. The third-order valence-corrected chi connectivity index (χ3v) is 8.18. The van der Waals surface area contributed by atoms with E-state index in [0.717, 1.165) is 38.0 Å². The van der Waals surface area contributed by atoms with Gasteiger partial charge >= 0.3 is 0 Å². The van der Waals surface area contributed by atoms with Gasteiger partial charge in [0.15, 0.2) is 0 Å². The highest BCUT2D eigenvalue weighted by atomic mass is 79.9. The van der Waals surface area contributed by atoms with Crippen molar-refractivity contribution in [1.82, 2.24) is 0 Å². The number of phenolic OH excluding ortho intramolecular Hbond substituents is 2. The van der Waals surface area contributed by atoms with Gasteiger partial charge in [0.1, 0.15) is 16.9 Å². The summed E-state index contributed by atoms with van der Waals surface area (Å²) in [7, 11) is 0. The van der Waals surface area contributed by atoms with Crippen molar-refractivity contribution in [3.8, 4) is 11.5 Å². The summed E-state index contributed by atoms with van der Waals surface area (Å²) in [5, 5.41) is 24.9. The summed E-state index contributed by atoms with van der Waals surface area (Å²) in [4.78, 5) is 14.3. The number of amides is 1. The molecule has 1 heterocycles. The molecule has 4 nitrogen and oxygen atoms in total. The van der Waals surface area contributed by atoms with Gasteiger partial charge in [-0.3, -0.25) is 4.79 Å². The van der Waals surface area contributed by atoms with E-state index < -0.39 is 5.41 Å². The van der Waals surface area contributed by atoms with Gasteiger partial charge in [-0.15, -0.1) is 0 Å². The van der Waals surface area contributed by atoms with Crippen molar-refractivity contribution >= 4 is 39.1 Å². The van der Waals surface area contributed by atoms with Gasteiger partial charge in [0.05, 0.1) is 0 Å². The van der Waals surface area contributed by atoms with Crippen LogP contribution in [0.2, 0.25) is 5.02 Å². The summed E-state index contributed by atoms with van der Waals surface area (Å²) in [5.74, 6) is 0.239. The highest BCUT2D eigenvalue weighted by molar-refractivity contribution is 9.10. The SMILES string of the molecule is Cc1cc(C2(c3cc(C)c(O)c(C)c3)C(=O)Nc3c(Cc4ccccc4Cl)cc(Br)cc32)cc(C)c1O. The number of aromatic hydroxyl groups is 2. The summed E-state index contributed by atoms with van der Waals surface area (Å²) in [6, 6.07) is 19.2. The standard InChI is InChI=1S/C31H27BrClNO3/c1-16-9-22(10-17(2)28(16)35)31(23-11-18(3)29(36)19(4)12-23)25-15-24(32)14-21(27(25)34-30(31)37)13-20-7-5-6-8-26(20)33/h5-12,14-15,35-36H,13H2,1-4H3,(H,34,37). The molecule has 0 fully saturated rings. The molecule has 4 aromatic carbocycles. The lowest BCUT2D eigenvalue weighted by molar-refractivity contribution is -0.118. The summed E-state index contributed by atoms with van der Waals surface area (Å²) in [6.45, 7) is 7.35. The number of carbonyl (C=O) groups excluding carboxylic acids is 1. The predicted molar refractivity (Wildman–Crippen MR) is 152 cm³/mol. The fourth-order valence-electron chi connectivity index (χ4n) is 5.51. The number of phenols is 2. The Bertz CT molecular complexity index is 1490. The van der Waals surface area contributed by atoms with Crippen LogP contribution in [0.1, 0.15) is 50.1 Å². The first-order valence-electron chi connectivity index (χ1n) is 12.0. The van der Waals surface area contributed by atoms with Crippen LogP contribution in [0.5, 0.6) is 11.5 Å². The lowest BCUT2D eigenvalue weighted by Crippen LogP contribution is -2.37. The van der Waals surface area contributed by atoms with Gasteiger partial charge in [0, 0.05) is 27.2 Å². The number of halogens is 2. The predicted octanol–water partition coefficient (Wildman–Crippen LogP) is 7.62. The number of hydrogen-bond donors (Lipinski definition) is 3. The molecule has 188 valence electrons. The average molecular weight is 577 g/mol. The molecule has 1 aliphatic heterocycles. The number of anilines is 1. The summed E-state index contributed by atoms with van der Waals surface area (Å²) in [6.07, 6.45) is 0.541. The summed E-state index contributed by atoms with van der Waals surface area (Å²) >= 11 is 10.2. The largest absolute Gasteiger partial charge is 0.507 e. The minimum atomic E-state index is -1.19. The lowest BCUT2D eigenvalue weighted by atomic mass is 9.68. The van der Waals surface area contributed by atoms with Crippen LogP contribution in [0.3, 0.4) is 0 Å². The molecule has 3 N–H and O–H groups in total. The van der Waals surface area contributed by atoms with E-state index in [4.69, 9.17) is 11.6 Å². The summed E-state index contributed by atoms with van der Waals surface area (Å²) < 4.78 is 0.841. The Balaban J connectivity index is 1.85. The smallest absolute Gasteiger partial charge is 0.244 e. The van der Waals surface area contributed by atoms with E-state index in [0.29, 0.717) is 33.7 Å². The molecule has 0 aromatic heterocycles. The highest BCUT2D eigenvalue weighted by Gasteiger charge is 2.51. The molecule has 0 saturated carbocycles. The Morgan fingerprint density at radius 1 is 0.811 bits per heavy atom. The van der Waals surface area contributed by atoms with Crippen molar-refractivity contribution in [2.24, 2.45) is 0 Å². The van der Waals surface area contributed by atoms with Crippen LogP contribution in [-0.2, 0) is 16.6 Å². The van der Waals surface area contributed by atoms with Crippen LogP contribution < -0.4 is 5.32 Å². The van der Waals surface area contributed by atoms with Gasteiger partial charge < -0.3 is 15.5 Å². The zero-order valence-corrected chi connectivity index (χ0v) is 23.4. The Labute approximate surface area is 230 Å². The second-order valence-corrected chi connectivity index (χ2v) is 11.2. The number of benzene rings is 4. The molecule has 0 aliphatic carbocycles. The van der Waals surface area contributed by atoms with Crippen molar-refractivity contribution < 1.29 is 15.0 Å². The Kier molecular flexibility index (Phi) is 6.33. The highest BCUT2D eigenvalue weighted by Crippen LogP contribution is 2.52. The fourth-order valence-corrected chi connectivity index (χ4v) is 6.22. The molecule has 1 aliphatic rings. The van der Waals surface area contributed by atoms with Gasteiger partial charge in [-0.1, -0.05) is 70.0 Å². The normalized spacial score (nSPS) is 13.9. The van der Waals surface area contributed by atoms with Gasteiger partial charge in [0.2, 0.25) is 5.91 Å². The Hall–Kier alpha value is -3.28. The first-order chi connectivity index (χ1) is 17.5. The van der Waals surface area contributed by atoms with E-state index >= 15 is 0 Å². The summed E-state index contributed by atoms with van der Waals surface area (Å²) in [5.41, 5.74) is 6.52. The lowest BCUT2D eigenvalue weighted by Gasteiger charge is -2.31. The molecule has 0 saturated heterocycles. The van der Waals surface area contributed by atoms with Gasteiger partial charge in [-0.05, 0) is 90.4 Å². The van der Waals surface area contributed by atoms with E-state index in [-0.39, 0.29) is 17.4 Å². The van der Waals surface area contributed by atoms with Gasteiger partial charge in [-0.25, -0.2) is 0 Å². The van der Waals surface area contributed by atoms with Crippen LogP contribution >= 0.6 is 27.5 Å². The van der Waals surface area contributed by atoms with Crippen LogP contribution in [-0.4, -0.2) is 16.1 Å². The van der Waals surface area contributed by atoms with E-state index in [2.05, 4.69) is 21.2 Å². The zero-order valence-electron chi connectivity index (χ0n) is 21.0. The number of fused-ring (bicyclic) bond motifs is 1. The second-order valence-electron chi connectivity index (χ2n) is 9.88. The third kappa shape index (κ3) is 4.01. The molecule has 4 aromatic rings. The van der Waals surface area contributed by atoms with Crippen LogP contribution in [0.25, 0.3) is 0 Å². The van der Waals surface area contributed by atoms with Gasteiger partial charge in [-0.2, -0.15) is 0 Å². The fraction of sp³-hybridized carbons (Fsp3) is 0.194. The van der Waals surface area contributed by atoms with Crippen molar-refractivity contribution in [3.63, 3.8) is 0 Å².